The first-order chi connectivity index (χ1) is 6.52. The summed E-state index contributed by atoms with van der Waals surface area (Å²) < 4.78 is 6.83. The Bertz CT molecular complexity index is 305. The molecule has 1 rings (SSSR count). The zero-order valence-electron chi connectivity index (χ0n) is 9.17. The number of rotatable bonds is 3. The van der Waals surface area contributed by atoms with Gasteiger partial charge < -0.3 is 4.74 Å². The second-order valence-corrected chi connectivity index (χ2v) is 4.83. The average molecular weight is 257 g/mol. The summed E-state index contributed by atoms with van der Waals surface area (Å²) in [7, 11) is 0. The topological polar surface area (TPSA) is 9.23 Å². The molecule has 2 heteroatoms. The number of halogens is 1. The molecule has 1 aromatic rings. The third kappa shape index (κ3) is 2.74. The third-order valence-corrected chi connectivity index (χ3v) is 2.60. The lowest BCUT2D eigenvalue weighted by Gasteiger charge is -2.17. The molecule has 0 aliphatic carbocycles. The molecule has 0 aromatic heterocycles. The van der Waals surface area contributed by atoms with E-state index in [-0.39, 0.29) is 6.10 Å². The standard InChI is InChI=1S/C12H17BrO/c1-8(2)10-6-5-7-11(13)12(10)14-9(3)4/h5-9H,1-4H3. The van der Waals surface area contributed by atoms with Crippen molar-refractivity contribution < 1.29 is 4.74 Å². The molecule has 0 saturated heterocycles. The van der Waals surface area contributed by atoms with E-state index in [0.29, 0.717) is 5.92 Å². The lowest BCUT2D eigenvalue weighted by molar-refractivity contribution is 0.237. The largest absolute Gasteiger partial charge is 0.490 e. The molecular weight excluding hydrogens is 240 g/mol. The van der Waals surface area contributed by atoms with Crippen LogP contribution in [-0.4, -0.2) is 6.10 Å². The molecule has 0 saturated carbocycles. The van der Waals surface area contributed by atoms with E-state index in [4.69, 9.17) is 4.74 Å². The fourth-order valence-corrected chi connectivity index (χ4v) is 1.82. The van der Waals surface area contributed by atoms with Crippen LogP contribution in [0.15, 0.2) is 22.7 Å². The maximum absolute atomic E-state index is 5.79. The predicted molar refractivity (Wildman–Crippen MR) is 64.0 cm³/mol. The van der Waals surface area contributed by atoms with Crippen molar-refractivity contribution in [3.05, 3.63) is 28.2 Å². The van der Waals surface area contributed by atoms with Gasteiger partial charge in [-0.2, -0.15) is 0 Å². The van der Waals surface area contributed by atoms with Gasteiger partial charge in [0.25, 0.3) is 0 Å². The normalized spacial score (nSPS) is 11.1. The van der Waals surface area contributed by atoms with E-state index in [0.717, 1.165) is 10.2 Å². The number of para-hydroxylation sites is 1. The van der Waals surface area contributed by atoms with Crippen molar-refractivity contribution in [3.63, 3.8) is 0 Å². The molecular formula is C12H17BrO. The highest BCUT2D eigenvalue weighted by Gasteiger charge is 2.11. The lowest BCUT2D eigenvalue weighted by Crippen LogP contribution is -2.08. The van der Waals surface area contributed by atoms with E-state index < -0.39 is 0 Å². The minimum absolute atomic E-state index is 0.214. The molecule has 0 heterocycles. The van der Waals surface area contributed by atoms with Crippen LogP contribution in [0.5, 0.6) is 5.75 Å². The Labute approximate surface area is 94.6 Å². The monoisotopic (exact) mass is 256 g/mol. The zero-order chi connectivity index (χ0) is 10.7. The fourth-order valence-electron chi connectivity index (χ4n) is 1.34. The van der Waals surface area contributed by atoms with Crippen molar-refractivity contribution in [2.45, 2.75) is 39.7 Å². The second kappa shape index (κ2) is 4.83. The van der Waals surface area contributed by atoms with Gasteiger partial charge in [0.2, 0.25) is 0 Å². The average Bonchev–Trinajstić information content (AvgIpc) is 2.07. The van der Waals surface area contributed by atoms with Crippen LogP contribution >= 0.6 is 15.9 Å². The van der Waals surface area contributed by atoms with Crippen molar-refractivity contribution in [2.75, 3.05) is 0 Å². The number of benzene rings is 1. The van der Waals surface area contributed by atoms with Gasteiger partial charge in [-0.15, -0.1) is 0 Å². The summed E-state index contributed by atoms with van der Waals surface area (Å²) in [5, 5.41) is 0. The Morgan fingerprint density at radius 3 is 2.29 bits per heavy atom. The van der Waals surface area contributed by atoms with Gasteiger partial charge in [-0.25, -0.2) is 0 Å². The van der Waals surface area contributed by atoms with Crippen LogP contribution in [0.1, 0.15) is 39.2 Å². The molecule has 0 bridgehead atoms. The quantitative estimate of drug-likeness (QED) is 0.781. The van der Waals surface area contributed by atoms with Gasteiger partial charge in [0, 0.05) is 0 Å². The van der Waals surface area contributed by atoms with Crippen LogP contribution in [0, 0.1) is 0 Å². The molecule has 0 aliphatic rings. The van der Waals surface area contributed by atoms with E-state index in [9.17, 15) is 0 Å². The summed E-state index contributed by atoms with van der Waals surface area (Å²) in [6.45, 7) is 8.44. The SMILES string of the molecule is CC(C)Oc1c(Br)cccc1C(C)C. The minimum Gasteiger partial charge on any atom is -0.490 e. The van der Waals surface area contributed by atoms with Crippen molar-refractivity contribution >= 4 is 15.9 Å². The molecule has 0 fully saturated rings. The number of ether oxygens (including phenoxy) is 1. The van der Waals surface area contributed by atoms with E-state index in [1.165, 1.54) is 5.56 Å². The molecule has 0 radical (unpaired) electrons. The summed E-state index contributed by atoms with van der Waals surface area (Å²) in [6, 6.07) is 6.18. The Morgan fingerprint density at radius 1 is 1.14 bits per heavy atom. The highest BCUT2D eigenvalue weighted by Crippen LogP contribution is 2.34. The van der Waals surface area contributed by atoms with Crippen molar-refractivity contribution in [3.8, 4) is 5.75 Å². The van der Waals surface area contributed by atoms with Crippen molar-refractivity contribution in [2.24, 2.45) is 0 Å². The molecule has 1 nitrogen and oxygen atoms in total. The van der Waals surface area contributed by atoms with E-state index in [2.05, 4.69) is 35.8 Å². The van der Waals surface area contributed by atoms with Crippen LogP contribution in [-0.2, 0) is 0 Å². The van der Waals surface area contributed by atoms with Gasteiger partial charge in [-0.1, -0.05) is 26.0 Å². The zero-order valence-corrected chi connectivity index (χ0v) is 10.8. The van der Waals surface area contributed by atoms with Crippen LogP contribution in [0.4, 0.5) is 0 Å². The first kappa shape index (κ1) is 11.6. The molecule has 14 heavy (non-hydrogen) atoms. The Morgan fingerprint density at radius 2 is 1.79 bits per heavy atom. The first-order valence-corrected chi connectivity index (χ1v) is 5.76. The molecule has 1 aromatic carbocycles. The van der Waals surface area contributed by atoms with Gasteiger partial charge in [0.05, 0.1) is 10.6 Å². The summed E-state index contributed by atoms with van der Waals surface area (Å²) in [5.74, 6) is 1.47. The molecule has 0 amide bonds. The number of hydrogen-bond acceptors (Lipinski definition) is 1. The van der Waals surface area contributed by atoms with Crippen LogP contribution in [0.25, 0.3) is 0 Å². The highest BCUT2D eigenvalue weighted by atomic mass is 79.9. The van der Waals surface area contributed by atoms with E-state index in [1.807, 2.05) is 26.0 Å². The number of hydrogen-bond donors (Lipinski definition) is 0. The fraction of sp³-hybridized carbons (Fsp3) is 0.500. The Kier molecular flexibility index (Phi) is 3.99. The summed E-state index contributed by atoms with van der Waals surface area (Å²) in [6.07, 6.45) is 0.214. The van der Waals surface area contributed by atoms with Gasteiger partial charge in [-0.05, 0) is 47.3 Å². The maximum atomic E-state index is 5.79. The molecule has 0 N–H and O–H groups in total. The predicted octanol–water partition coefficient (Wildman–Crippen LogP) is 4.36. The van der Waals surface area contributed by atoms with E-state index in [1.54, 1.807) is 0 Å². The van der Waals surface area contributed by atoms with E-state index >= 15 is 0 Å². The Hall–Kier alpha value is -0.500. The summed E-state index contributed by atoms with van der Waals surface area (Å²) in [5.41, 5.74) is 1.26. The van der Waals surface area contributed by atoms with Crippen molar-refractivity contribution in [1.82, 2.24) is 0 Å². The lowest BCUT2D eigenvalue weighted by atomic mass is 10.0. The highest BCUT2D eigenvalue weighted by molar-refractivity contribution is 9.10. The molecule has 78 valence electrons. The molecule has 0 atom stereocenters. The maximum Gasteiger partial charge on any atom is 0.137 e. The smallest absolute Gasteiger partial charge is 0.137 e. The van der Waals surface area contributed by atoms with Crippen LogP contribution in [0.2, 0.25) is 0 Å². The molecule has 0 aliphatic heterocycles. The Balaban J connectivity index is 3.09. The van der Waals surface area contributed by atoms with Gasteiger partial charge in [-0.3, -0.25) is 0 Å². The second-order valence-electron chi connectivity index (χ2n) is 3.98. The summed E-state index contributed by atoms with van der Waals surface area (Å²) >= 11 is 3.52. The van der Waals surface area contributed by atoms with Crippen LogP contribution < -0.4 is 4.74 Å². The van der Waals surface area contributed by atoms with Gasteiger partial charge >= 0.3 is 0 Å². The third-order valence-electron chi connectivity index (χ3n) is 1.97. The first-order valence-electron chi connectivity index (χ1n) is 4.97. The molecule has 0 unspecified atom stereocenters. The molecule has 0 spiro atoms. The summed E-state index contributed by atoms with van der Waals surface area (Å²) in [4.78, 5) is 0. The van der Waals surface area contributed by atoms with Crippen LogP contribution in [0.3, 0.4) is 0 Å². The minimum atomic E-state index is 0.214. The van der Waals surface area contributed by atoms with Gasteiger partial charge in [0.1, 0.15) is 5.75 Å². The van der Waals surface area contributed by atoms with Crippen molar-refractivity contribution in [1.29, 1.82) is 0 Å². The van der Waals surface area contributed by atoms with Gasteiger partial charge in [0.15, 0.2) is 0 Å².